The van der Waals surface area contributed by atoms with Crippen molar-refractivity contribution >= 4 is 12.2 Å². The van der Waals surface area contributed by atoms with E-state index in [0.717, 1.165) is 0 Å². The van der Waals surface area contributed by atoms with Crippen LogP contribution in [-0.2, 0) is 9.47 Å². The number of hydrogen-bond donors (Lipinski definition) is 2. The van der Waals surface area contributed by atoms with Crippen molar-refractivity contribution in [2.75, 3.05) is 6.54 Å². The summed E-state index contributed by atoms with van der Waals surface area (Å²) in [6, 6.07) is -1.45. The van der Waals surface area contributed by atoms with Crippen LogP contribution in [0, 0.1) is 0 Å². The van der Waals surface area contributed by atoms with E-state index < -0.39 is 35.9 Å². The molecule has 140 valence electrons. The summed E-state index contributed by atoms with van der Waals surface area (Å²) in [7, 11) is 0. The van der Waals surface area contributed by atoms with Crippen LogP contribution in [0.3, 0.4) is 0 Å². The number of rotatable bonds is 6. The van der Waals surface area contributed by atoms with Gasteiger partial charge in [0, 0.05) is 6.54 Å². The average molecular weight is 350 g/mol. The molecule has 24 heavy (non-hydrogen) atoms. The second-order valence-corrected chi connectivity index (χ2v) is 7.40. The van der Waals surface area contributed by atoms with Crippen molar-refractivity contribution in [1.82, 2.24) is 10.6 Å². The predicted octanol–water partition coefficient (Wildman–Crippen LogP) is 3.62. The molecule has 0 fully saturated rings. The third kappa shape index (κ3) is 11.7. The molecular formula is C16H28F2N2O4. The predicted molar refractivity (Wildman–Crippen MR) is 87.2 cm³/mol. The lowest BCUT2D eigenvalue weighted by Crippen LogP contribution is -2.43. The fourth-order valence-corrected chi connectivity index (χ4v) is 1.56. The lowest BCUT2D eigenvalue weighted by Gasteiger charge is -2.24. The van der Waals surface area contributed by atoms with Crippen LogP contribution in [0.15, 0.2) is 12.2 Å². The van der Waals surface area contributed by atoms with Crippen molar-refractivity contribution in [2.45, 2.75) is 71.6 Å². The number of halogens is 2. The van der Waals surface area contributed by atoms with Crippen molar-refractivity contribution in [1.29, 1.82) is 0 Å². The van der Waals surface area contributed by atoms with Crippen molar-refractivity contribution in [3.63, 3.8) is 0 Å². The van der Waals surface area contributed by atoms with Gasteiger partial charge in [-0.1, -0.05) is 12.2 Å². The zero-order chi connectivity index (χ0) is 19.1. The molecule has 0 heterocycles. The van der Waals surface area contributed by atoms with E-state index in [1.54, 1.807) is 41.5 Å². The van der Waals surface area contributed by atoms with Gasteiger partial charge in [0.2, 0.25) is 0 Å². The summed E-state index contributed by atoms with van der Waals surface area (Å²) in [5.74, 6) is 0. The van der Waals surface area contributed by atoms with Crippen LogP contribution < -0.4 is 10.6 Å². The van der Waals surface area contributed by atoms with E-state index >= 15 is 0 Å². The van der Waals surface area contributed by atoms with E-state index in [-0.39, 0.29) is 13.0 Å². The first kappa shape index (κ1) is 22.1. The minimum atomic E-state index is -2.80. The van der Waals surface area contributed by atoms with Crippen LogP contribution >= 0.6 is 0 Å². The molecular weight excluding hydrogens is 322 g/mol. The van der Waals surface area contributed by atoms with E-state index in [1.165, 1.54) is 0 Å². The Morgan fingerprint density at radius 2 is 1.46 bits per heavy atom. The number of alkyl carbamates (subject to hydrolysis) is 2. The molecule has 0 radical (unpaired) electrons. The second-order valence-electron chi connectivity index (χ2n) is 7.40. The third-order valence-electron chi connectivity index (χ3n) is 2.40. The molecule has 1 unspecified atom stereocenters. The monoisotopic (exact) mass is 350 g/mol. The summed E-state index contributed by atoms with van der Waals surface area (Å²) < 4.78 is 36.1. The number of nitrogens with one attached hydrogen (secondary N) is 2. The van der Waals surface area contributed by atoms with Crippen molar-refractivity contribution in [2.24, 2.45) is 0 Å². The maximum absolute atomic E-state index is 13.1. The summed E-state index contributed by atoms with van der Waals surface area (Å²) in [6.07, 6.45) is -4.60. The Bertz CT molecular complexity index is 454. The minimum absolute atomic E-state index is 0.0336. The Balaban J connectivity index is 4.44. The summed E-state index contributed by atoms with van der Waals surface area (Å²) >= 11 is 0. The van der Waals surface area contributed by atoms with Gasteiger partial charge < -0.3 is 20.1 Å². The van der Waals surface area contributed by atoms with Gasteiger partial charge in [-0.2, -0.15) is 0 Å². The summed E-state index contributed by atoms with van der Waals surface area (Å²) in [5.41, 5.74) is -1.12. The second kappa shape index (κ2) is 8.84. The quantitative estimate of drug-likeness (QED) is 0.718. The van der Waals surface area contributed by atoms with Gasteiger partial charge in [-0.3, -0.25) is 0 Å². The lowest BCUT2D eigenvalue weighted by atomic mass is 10.1. The van der Waals surface area contributed by atoms with Crippen LogP contribution in [0.1, 0.15) is 48.0 Å². The molecule has 0 aliphatic rings. The first-order valence-corrected chi connectivity index (χ1v) is 7.61. The van der Waals surface area contributed by atoms with E-state index in [4.69, 9.17) is 9.47 Å². The van der Waals surface area contributed by atoms with Gasteiger partial charge in [0.25, 0.3) is 6.43 Å². The zero-order valence-corrected chi connectivity index (χ0v) is 15.2. The molecule has 0 aromatic rings. The van der Waals surface area contributed by atoms with Crippen molar-refractivity contribution in [3.8, 4) is 0 Å². The molecule has 0 aromatic heterocycles. The summed E-state index contributed by atoms with van der Waals surface area (Å²) in [5, 5.41) is 4.54. The smallest absolute Gasteiger partial charge is 0.408 e. The molecule has 0 bridgehead atoms. The van der Waals surface area contributed by atoms with E-state index in [1.807, 2.05) is 0 Å². The standard InChI is InChI=1S/C16H28F2N2O4/c1-10(9-19-13(21)23-15(2,3)4)8-11(12(17)18)20-14(22)24-16(5,6)7/h11-12H,1,8-9H2,2-7H3,(H,19,21)(H,20,22). The highest BCUT2D eigenvalue weighted by molar-refractivity contribution is 5.68. The van der Waals surface area contributed by atoms with Crippen LogP contribution in [-0.4, -0.2) is 42.4 Å². The van der Waals surface area contributed by atoms with Gasteiger partial charge in [-0.15, -0.1) is 0 Å². The van der Waals surface area contributed by atoms with Gasteiger partial charge in [0.05, 0.1) is 6.04 Å². The minimum Gasteiger partial charge on any atom is -0.444 e. The lowest BCUT2D eigenvalue weighted by molar-refractivity contribution is 0.0372. The van der Waals surface area contributed by atoms with Crippen molar-refractivity contribution < 1.29 is 27.8 Å². The molecule has 1 atom stereocenters. The number of carbonyl (C=O) groups is 2. The zero-order valence-electron chi connectivity index (χ0n) is 15.2. The van der Waals surface area contributed by atoms with Crippen LogP contribution in [0.2, 0.25) is 0 Å². The largest absolute Gasteiger partial charge is 0.444 e. The summed E-state index contributed by atoms with van der Waals surface area (Å²) in [4.78, 5) is 23.1. The Labute approximate surface area is 142 Å². The first-order chi connectivity index (χ1) is 10.7. The Hall–Kier alpha value is -1.86. The topological polar surface area (TPSA) is 76.7 Å². The molecule has 0 aromatic carbocycles. The van der Waals surface area contributed by atoms with Gasteiger partial charge in [-0.05, 0) is 48.0 Å². The Morgan fingerprint density at radius 3 is 1.88 bits per heavy atom. The molecule has 6 nitrogen and oxygen atoms in total. The fraction of sp³-hybridized carbons (Fsp3) is 0.750. The molecule has 0 aliphatic heterocycles. The SMILES string of the molecule is C=C(CNC(=O)OC(C)(C)C)CC(NC(=O)OC(C)(C)C)C(F)F. The Kier molecular flexibility index (Phi) is 8.16. The Morgan fingerprint density at radius 1 is 1.00 bits per heavy atom. The molecule has 0 saturated carbocycles. The van der Waals surface area contributed by atoms with E-state index in [9.17, 15) is 18.4 Å². The fourth-order valence-electron chi connectivity index (χ4n) is 1.56. The molecule has 8 heteroatoms. The van der Waals surface area contributed by atoms with Crippen LogP contribution in [0.5, 0.6) is 0 Å². The molecule has 2 N–H and O–H groups in total. The highest BCUT2D eigenvalue weighted by Crippen LogP contribution is 2.13. The number of amides is 2. The van der Waals surface area contributed by atoms with Crippen LogP contribution in [0.25, 0.3) is 0 Å². The first-order valence-electron chi connectivity index (χ1n) is 7.61. The van der Waals surface area contributed by atoms with Crippen LogP contribution in [0.4, 0.5) is 18.4 Å². The van der Waals surface area contributed by atoms with E-state index in [0.29, 0.717) is 5.57 Å². The number of ether oxygens (including phenoxy) is 2. The van der Waals surface area contributed by atoms with Gasteiger partial charge in [-0.25, -0.2) is 18.4 Å². The number of hydrogen-bond acceptors (Lipinski definition) is 4. The average Bonchev–Trinajstić information content (AvgIpc) is 2.31. The normalized spacial score (nSPS) is 13.2. The highest BCUT2D eigenvalue weighted by atomic mass is 19.3. The molecule has 0 saturated heterocycles. The van der Waals surface area contributed by atoms with Crippen molar-refractivity contribution in [3.05, 3.63) is 12.2 Å². The summed E-state index contributed by atoms with van der Waals surface area (Å²) in [6.45, 7) is 13.6. The third-order valence-corrected chi connectivity index (χ3v) is 2.40. The number of carbonyl (C=O) groups excluding carboxylic acids is 2. The number of alkyl halides is 2. The molecule has 0 spiro atoms. The maximum atomic E-state index is 13.1. The highest BCUT2D eigenvalue weighted by Gasteiger charge is 2.26. The molecule has 2 amide bonds. The van der Waals surface area contributed by atoms with Gasteiger partial charge >= 0.3 is 12.2 Å². The molecule has 0 aliphatic carbocycles. The van der Waals surface area contributed by atoms with Gasteiger partial charge in [0.1, 0.15) is 11.2 Å². The van der Waals surface area contributed by atoms with E-state index in [2.05, 4.69) is 17.2 Å². The maximum Gasteiger partial charge on any atom is 0.408 e. The molecule has 0 rings (SSSR count). The van der Waals surface area contributed by atoms with Gasteiger partial charge in [0.15, 0.2) is 0 Å².